The summed E-state index contributed by atoms with van der Waals surface area (Å²) in [6.45, 7) is 1.28. The van der Waals surface area contributed by atoms with Crippen molar-refractivity contribution in [2.45, 2.75) is 6.92 Å². The van der Waals surface area contributed by atoms with Gasteiger partial charge >= 0.3 is 5.97 Å². The molecule has 3 aromatic rings. The number of carbonyl (C=O) groups is 2. The van der Waals surface area contributed by atoms with Crippen LogP contribution in [0.4, 0.5) is 5.69 Å². The third-order valence-corrected chi connectivity index (χ3v) is 5.12. The van der Waals surface area contributed by atoms with E-state index in [0.29, 0.717) is 26.8 Å². The molecule has 0 atom stereocenters. The van der Waals surface area contributed by atoms with Gasteiger partial charge in [0.25, 0.3) is 5.91 Å². The Hall–Kier alpha value is -3.70. The van der Waals surface area contributed by atoms with Gasteiger partial charge in [-0.2, -0.15) is 5.26 Å². The number of amides is 1. The van der Waals surface area contributed by atoms with E-state index in [2.05, 4.69) is 10.3 Å². The molecule has 0 aliphatic heterocycles. The molecule has 146 valence electrons. The normalized spacial score (nSPS) is 10.1. The minimum absolute atomic E-state index is 0.343. The van der Waals surface area contributed by atoms with E-state index in [9.17, 15) is 9.59 Å². The Kier molecular flexibility index (Phi) is 6.22. The van der Waals surface area contributed by atoms with Crippen molar-refractivity contribution in [1.29, 1.82) is 5.26 Å². The lowest BCUT2D eigenvalue weighted by atomic mass is 10.2. The molecule has 8 heteroatoms. The van der Waals surface area contributed by atoms with Gasteiger partial charge in [0.15, 0.2) is 6.61 Å². The number of esters is 1. The molecule has 1 N–H and O–H groups in total. The molecule has 0 fully saturated rings. The lowest BCUT2D eigenvalue weighted by molar-refractivity contribution is -0.119. The SMILES string of the molecule is COc1ccc(-c2nc(C)c(C(=O)OCC(=O)Nc3cccc(C#N)c3)s2)cc1. The quantitative estimate of drug-likeness (QED) is 0.624. The molecule has 0 radical (unpaired) electrons. The molecule has 0 aliphatic carbocycles. The number of aromatic nitrogens is 1. The number of hydrogen-bond acceptors (Lipinski definition) is 7. The summed E-state index contributed by atoms with van der Waals surface area (Å²) in [5.74, 6) is -0.375. The van der Waals surface area contributed by atoms with Gasteiger partial charge in [0.2, 0.25) is 0 Å². The molecule has 1 aromatic heterocycles. The molecule has 1 amide bonds. The maximum absolute atomic E-state index is 12.4. The summed E-state index contributed by atoms with van der Waals surface area (Å²) in [5, 5.41) is 12.2. The minimum atomic E-state index is -0.610. The Balaban J connectivity index is 1.62. The molecule has 0 aliphatic rings. The summed E-state index contributed by atoms with van der Waals surface area (Å²) in [5.41, 5.74) is 2.27. The van der Waals surface area contributed by atoms with Gasteiger partial charge in [0.05, 0.1) is 24.4 Å². The van der Waals surface area contributed by atoms with Crippen molar-refractivity contribution in [3.05, 3.63) is 64.7 Å². The second-order valence-corrected chi connectivity index (χ2v) is 6.98. The predicted molar refractivity (Wildman–Crippen MR) is 109 cm³/mol. The first kappa shape index (κ1) is 20.0. The van der Waals surface area contributed by atoms with E-state index in [4.69, 9.17) is 14.7 Å². The fourth-order valence-electron chi connectivity index (χ4n) is 2.50. The highest BCUT2D eigenvalue weighted by Crippen LogP contribution is 2.29. The first-order valence-electron chi connectivity index (χ1n) is 8.59. The number of thiazole rings is 1. The van der Waals surface area contributed by atoms with Gasteiger partial charge in [-0.1, -0.05) is 6.07 Å². The van der Waals surface area contributed by atoms with Gasteiger partial charge in [-0.3, -0.25) is 4.79 Å². The highest BCUT2D eigenvalue weighted by Gasteiger charge is 2.19. The van der Waals surface area contributed by atoms with E-state index in [1.165, 1.54) is 17.4 Å². The van der Waals surface area contributed by atoms with Crippen molar-refractivity contribution in [3.63, 3.8) is 0 Å². The smallest absolute Gasteiger partial charge is 0.350 e. The number of ether oxygens (including phenoxy) is 2. The molecule has 7 nitrogen and oxygen atoms in total. The second-order valence-electron chi connectivity index (χ2n) is 5.98. The van der Waals surface area contributed by atoms with E-state index in [1.54, 1.807) is 32.2 Å². The van der Waals surface area contributed by atoms with Crippen LogP contribution in [0.2, 0.25) is 0 Å². The van der Waals surface area contributed by atoms with Crippen LogP contribution in [-0.4, -0.2) is 30.6 Å². The highest BCUT2D eigenvalue weighted by molar-refractivity contribution is 7.17. The molecule has 0 unspecified atom stereocenters. The van der Waals surface area contributed by atoms with Crippen LogP contribution in [0.5, 0.6) is 5.75 Å². The number of hydrogen-bond donors (Lipinski definition) is 1. The molecule has 0 bridgehead atoms. The topological polar surface area (TPSA) is 101 Å². The number of methoxy groups -OCH3 is 1. The van der Waals surface area contributed by atoms with Gasteiger partial charge < -0.3 is 14.8 Å². The van der Waals surface area contributed by atoms with E-state index in [1.807, 2.05) is 30.3 Å². The summed E-state index contributed by atoms with van der Waals surface area (Å²) >= 11 is 1.20. The molecular weight excluding hydrogens is 390 g/mol. The number of anilines is 1. The number of nitriles is 1. The fraction of sp³-hybridized carbons (Fsp3) is 0.143. The van der Waals surface area contributed by atoms with E-state index < -0.39 is 18.5 Å². The molecule has 3 rings (SSSR count). The van der Waals surface area contributed by atoms with Crippen molar-refractivity contribution < 1.29 is 19.1 Å². The highest BCUT2D eigenvalue weighted by atomic mass is 32.1. The average Bonchev–Trinajstić information content (AvgIpc) is 3.14. The van der Waals surface area contributed by atoms with Crippen molar-refractivity contribution in [2.75, 3.05) is 19.0 Å². The Labute approximate surface area is 171 Å². The maximum Gasteiger partial charge on any atom is 0.350 e. The molecule has 1 heterocycles. The first-order chi connectivity index (χ1) is 14.0. The van der Waals surface area contributed by atoms with Crippen molar-refractivity contribution in [3.8, 4) is 22.4 Å². The zero-order valence-corrected chi connectivity index (χ0v) is 16.6. The molecule has 0 spiro atoms. The number of carbonyl (C=O) groups excluding carboxylic acids is 2. The van der Waals surface area contributed by atoms with E-state index >= 15 is 0 Å². The van der Waals surface area contributed by atoms with Gasteiger partial charge in [0.1, 0.15) is 15.6 Å². The molecular formula is C21H17N3O4S. The summed E-state index contributed by atoms with van der Waals surface area (Å²) in [4.78, 5) is 29.2. The molecule has 0 saturated carbocycles. The average molecular weight is 407 g/mol. The number of nitrogens with one attached hydrogen (secondary N) is 1. The third kappa shape index (κ3) is 4.97. The summed E-state index contributed by atoms with van der Waals surface area (Å²) in [6.07, 6.45) is 0. The van der Waals surface area contributed by atoms with Crippen LogP contribution < -0.4 is 10.1 Å². The lowest BCUT2D eigenvalue weighted by Crippen LogP contribution is -2.20. The predicted octanol–water partition coefficient (Wildman–Crippen LogP) is 3.79. The third-order valence-electron chi connectivity index (χ3n) is 3.93. The summed E-state index contributed by atoms with van der Waals surface area (Å²) in [7, 11) is 1.59. The van der Waals surface area contributed by atoms with Gasteiger partial charge in [-0.05, 0) is 49.4 Å². The summed E-state index contributed by atoms with van der Waals surface area (Å²) in [6, 6.07) is 15.8. The molecule has 2 aromatic carbocycles. The molecule has 29 heavy (non-hydrogen) atoms. The Morgan fingerprint density at radius 1 is 1.21 bits per heavy atom. The van der Waals surface area contributed by atoms with Crippen LogP contribution in [0.25, 0.3) is 10.6 Å². The number of aryl methyl sites for hydroxylation is 1. The number of rotatable bonds is 6. The Bertz CT molecular complexity index is 1080. The Morgan fingerprint density at radius 3 is 2.66 bits per heavy atom. The number of benzene rings is 2. The van der Waals surface area contributed by atoms with Crippen LogP contribution in [-0.2, 0) is 9.53 Å². The van der Waals surface area contributed by atoms with Crippen LogP contribution in [0, 0.1) is 18.3 Å². The maximum atomic E-state index is 12.4. The van der Waals surface area contributed by atoms with Crippen molar-refractivity contribution in [1.82, 2.24) is 4.98 Å². The van der Waals surface area contributed by atoms with Crippen molar-refractivity contribution >= 4 is 28.9 Å². The van der Waals surface area contributed by atoms with Crippen molar-refractivity contribution in [2.24, 2.45) is 0 Å². The van der Waals surface area contributed by atoms with Gasteiger partial charge in [-0.15, -0.1) is 11.3 Å². The van der Waals surface area contributed by atoms with Crippen LogP contribution in [0.15, 0.2) is 48.5 Å². The fourth-order valence-corrected chi connectivity index (χ4v) is 3.47. The molecule has 0 saturated heterocycles. The standard InChI is InChI=1S/C21H17N3O4S/c1-13-19(29-20(23-13)15-6-8-17(27-2)9-7-15)21(26)28-12-18(25)24-16-5-3-4-14(10-16)11-22/h3-10H,12H2,1-2H3,(H,24,25). The largest absolute Gasteiger partial charge is 0.497 e. The zero-order valence-electron chi connectivity index (χ0n) is 15.8. The minimum Gasteiger partial charge on any atom is -0.497 e. The van der Waals surface area contributed by atoms with E-state index in [-0.39, 0.29) is 0 Å². The van der Waals surface area contributed by atoms with Crippen LogP contribution in [0.3, 0.4) is 0 Å². The lowest BCUT2D eigenvalue weighted by Gasteiger charge is -2.06. The second kappa shape index (κ2) is 8.99. The summed E-state index contributed by atoms with van der Waals surface area (Å²) < 4.78 is 10.3. The number of nitrogens with zero attached hydrogens (tertiary/aromatic N) is 2. The monoisotopic (exact) mass is 407 g/mol. The Morgan fingerprint density at radius 2 is 1.97 bits per heavy atom. The van der Waals surface area contributed by atoms with Gasteiger partial charge in [0, 0.05) is 11.3 Å². The van der Waals surface area contributed by atoms with Crippen LogP contribution in [0.1, 0.15) is 20.9 Å². The van der Waals surface area contributed by atoms with E-state index in [0.717, 1.165) is 11.3 Å². The van der Waals surface area contributed by atoms with Gasteiger partial charge in [-0.25, -0.2) is 9.78 Å². The van der Waals surface area contributed by atoms with Crippen LogP contribution >= 0.6 is 11.3 Å². The zero-order chi connectivity index (χ0) is 20.8. The first-order valence-corrected chi connectivity index (χ1v) is 9.41.